The lowest BCUT2D eigenvalue weighted by Crippen LogP contribution is -2.43. The number of carbonyl (C=O) groups excluding carboxylic acids is 1. The fourth-order valence-electron chi connectivity index (χ4n) is 3.40. The molecule has 1 saturated heterocycles. The highest BCUT2D eigenvalue weighted by molar-refractivity contribution is 7.89. The third kappa shape index (κ3) is 4.94. The maximum absolute atomic E-state index is 13.5. The molecule has 1 unspecified atom stereocenters. The highest BCUT2D eigenvalue weighted by Crippen LogP contribution is 2.31. The van der Waals surface area contributed by atoms with E-state index in [-0.39, 0.29) is 22.4 Å². The highest BCUT2D eigenvalue weighted by atomic mass is 35.5. The molecule has 162 valence electrons. The van der Waals surface area contributed by atoms with Gasteiger partial charge in [-0.1, -0.05) is 17.7 Å². The van der Waals surface area contributed by atoms with E-state index in [0.717, 1.165) is 5.56 Å². The molecule has 1 heterocycles. The van der Waals surface area contributed by atoms with Crippen LogP contribution in [-0.4, -0.2) is 38.3 Å². The van der Waals surface area contributed by atoms with Crippen LogP contribution in [0.15, 0.2) is 41.3 Å². The molecule has 0 radical (unpaired) electrons. The number of anilines is 1. The first-order valence-electron chi connectivity index (χ1n) is 9.72. The van der Waals surface area contributed by atoms with Gasteiger partial charge in [0, 0.05) is 18.8 Å². The highest BCUT2D eigenvalue weighted by Gasteiger charge is 2.33. The maximum atomic E-state index is 13.5. The van der Waals surface area contributed by atoms with Crippen molar-refractivity contribution in [3.05, 3.63) is 52.8 Å². The predicted molar refractivity (Wildman–Crippen MR) is 114 cm³/mol. The number of amides is 1. The SMILES string of the molecule is CCOc1ccc(S(=O)(=O)N2CCCC(C(=O)Nc3cc(F)ccc3C)C2)cc1Cl. The Morgan fingerprint density at radius 1 is 1.30 bits per heavy atom. The Bertz CT molecular complexity index is 1050. The minimum absolute atomic E-state index is 0.0490. The van der Waals surface area contributed by atoms with E-state index in [1.54, 1.807) is 13.0 Å². The van der Waals surface area contributed by atoms with E-state index in [0.29, 0.717) is 37.4 Å². The second kappa shape index (κ2) is 9.32. The van der Waals surface area contributed by atoms with E-state index in [1.807, 2.05) is 6.92 Å². The molecule has 1 N–H and O–H groups in total. The molecule has 1 fully saturated rings. The Labute approximate surface area is 181 Å². The largest absolute Gasteiger partial charge is 0.492 e. The lowest BCUT2D eigenvalue weighted by molar-refractivity contribution is -0.120. The minimum atomic E-state index is -3.82. The van der Waals surface area contributed by atoms with Gasteiger partial charge < -0.3 is 10.1 Å². The summed E-state index contributed by atoms with van der Waals surface area (Å²) in [6, 6.07) is 8.50. The van der Waals surface area contributed by atoms with Crippen molar-refractivity contribution in [2.24, 2.45) is 5.92 Å². The van der Waals surface area contributed by atoms with Gasteiger partial charge in [0.1, 0.15) is 11.6 Å². The molecule has 0 aliphatic carbocycles. The van der Waals surface area contributed by atoms with Crippen LogP contribution in [0.4, 0.5) is 10.1 Å². The number of carbonyl (C=O) groups is 1. The van der Waals surface area contributed by atoms with Crippen molar-refractivity contribution >= 4 is 33.2 Å². The zero-order valence-electron chi connectivity index (χ0n) is 16.8. The van der Waals surface area contributed by atoms with Crippen LogP contribution in [0, 0.1) is 18.7 Å². The number of nitrogens with zero attached hydrogens (tertiary/aromatic N) is 1. The summed E-state index contributed by atoms with van der Waals surface area (Å²) in [4.78, 5) is 12.8. The van der Waals surface area contributed by atoms with Crippen molar-refractivity contribution < 1.29 is 22.3 Å². The lowest BCUT2D eigenvalue weighted by Gasteiger charge is -2.31. The fourth-order valence-corrected chi connectivity index (χ4v) is 5.25. The van der Waals surface area contributed by atoms with Gasteiger partial charge in [0.25, 0.3) is 0 Å². The quantitative estimate of drug-likeness (QED) is 0.708. The number of benzene rings is 2. The van der Waals surface area contributed by atoms with Gasteiger partial charge in [-0.2, -0.15) is 4.31 Å². The summed E-state index contributed by atoms with van der Waals surface area (Å²) in [6.45, 7) is 4.36. The average Bonchev–Trinajstić information content (AvgIpc) is 2.72. The summed E-state index contributed by atoms with van der Waals surface area (Å²) in [5.41, 5.74) is 1.12. The lowest BCUT2D eigenvalue weighted by atomic mass is 9.98. The number of hydrogen-bond donors (Lipinski definition) is 1. The van der Waals surface area contributed by atoms with Gasteiger partial charge in [-0.3, -0.25) is 4.79 Å². The number of sulfonamides is 1. The average molecular weight is 455 g/mol. The monoisotopic (exact) mass is 454 g/mol. The summed E-state index contributed by atoms with van der Waals surface area (Å²) < 4.78 is 46.3. The van der Waals surface area contributed by atoms with Crippen LogP contribution >= 0.6 is 11.6 Å². The first-order valence-corrected chi connectivity index (χ1v) is 11.5. The molecule has 30 heavy (non-hydrogen) atoms. The summed E-state index contributed by atoms with van der Waals surface area (Å²) in [7, 11) is -3.82. The third-order valence-corrected chi connectivity index (χ3v) is 7.21. The van der Waals surface area contributed by atoms with Crippen LogP contribution < -0.4 is 10.1 Å². The molecule has 0 aromatic heterocycles. The summed E-state index contributed by atoms with van der Waals surface area (Å²) in [5.74, 6) is -0.890. The first kappa shape index (κ1) is 22.5. The number of halogens is 2. The summed E-state index contributed by atoms with van der Waals surface area (Å²) in [6.07, 6.45) is 1.10. The van der Waals surface area contributed by atoms with E-state index in [9.17, 15) is 17.6 Å². The van der Waals surface area contributed by atoms with Crippen molar-refractivity contribution in [1.29, 1.82) is 0 Å². The molecule has 9 heteroatoms. The normalized spacial score (nSPS) is 17.5. The van der Waals surface area contributed by atoms with Crippen molar-refractivity contribution in [2.45, 2.75) is 31.6 Å². The second-order valence-electron chi connectivity index (χ2n) is 7.18. The summed E-state index contributed by atoms with van der Waals surface area (Å²) in [5, 5.41) is 2.94. The number of hydrogen-bond acceptors (Lipinski definition) is 4. The molecule has 2 aromatic carbocycles. The van der Waals surface area contributed by atoms with E-state index in [1.165, 1.54) is 34.6 Å². The molecule has 0 spiro atoms. The Morgan fingerprint density at radius 2 is 2.07 bits per heavy atom. The number of aryl methyl sites for hydroxylation is 1. The standard InChI is InChI=1S/C21H24ClFN2O4S/c1-3-29-20-9-8-17(12-18(20)22)30(27,28)25-10-4-5-15(13-25)21(26)24-19-11-16(23)7-6-14(19)2/h6-9,11-12,15H,3-5,10,13H2,1-2H3,(H,24,26). The zero-order chi connectivity index (χ0) is 21.9. The fraction of sp³-hybridized carbons (Fsp3) is 0.381. The van der Waals surface area contributed by atoms with Gasteiger partial charge in [-0.25, -0.2) is 12.8 Å². The molecule has 1 amide bonds. The topological polar surface area (TPSA) is 75.7 Å². The molecule has 6 nitrogen and oxygen atoms in total. The van der Waals surface area contributed by atoms with E-state index >= 15 is 0 Å². The van der Waals surface area contributed by atoms with Crippen molar-refractivity contribution in [1.82, 2.24) is 4.31 Å². The first-order chi connectivity index (χ1) is 14.2. The van der Waals surface area contributed by atoms with E-state index in [4.69, 9.17) is 16.3 Å². The number of rotatable bonds is 6. The van der Waals surface area contributed by atoms with E-state index in [2.05, 4.69) is 5.32 Å². The molecular formula is C21H24ClFN2O4S. The van der Waals surface area contributed by atoms with Crippen LogP contribution in [0.3, 0.4) is 0 Å². The van der Waals surface area contributed by atoms with Crippen molar-refractivity contribution in [2.75, 3.05) is 25.0 Å². The molecule has 0 saturated carbocycles. The second-order valence-corrected chi connectivity index (χ2v) is 9.52. The van der Waals surface area contributed by atoms with Crippen LogP contribution in [0.2, 0.25) is 5.02 Å². The van der Waals surface area contributed by atoms with Crippen molar-refractivity contribution in [3.63, 3.8) is 0 Å². The van der Waals surface area contributed by atoms with Gasteiger partial charge in [0.15, 0.2) is 0 Å². The summed E-state index contributed by atoms with van der Waals surface area (Å²) >= 11 is 6.15. The van der Waals surface area contributed by atoms with Crippen LogP contribution in [0.1, 0.15) is 25.3 Å². The maximum Gasteiger partial charge on any atom is 0.243 e. The van der Waals surface area contributed by atoms with E-state index < -0.39 is 21.8 Å². The Hall–Kier alpha value is -2.16. The predicted octanol–water partition coefficient (Wildman–Crippen LogP) is 4.23. The molecule has 2 aromatic rings. The van der Waals surface area contributed by atoms with Gasteiger partial charge in [-0.15, -0.1) is 0 Å². The molecule has 0 bridgehead atoms. The van der Waals surface area contributed by atoms with Gasteiger partial charge >= 0.3 is 0 Å². The van der Waals surface area contributed by atoms with Crippen LogP contribution in [0.5, 0.6) is 5.75 Å². The molecule has 1 aliphatic heterocycles. The Balaban J connectivity index is 1.75. The van der Waals surface area contributed by atoms with Gasteiger partial charge in [0.2, 0.25) is 15.9 Å². The smallest absolute Gasteiger partial charge is 0.243 e. The molecule has 1 aliphatic rings. The molecule has 3 rings (SSSR count). The third-order valence-electron chi connectivity index (χ3n) is 5.05. The van der Waals surface area contributed by atoms with Crippen LogP contribution in [-0.2, 0) is 14.8 Å². The van der Waals surface area contributed by atoms with Gasteiger partial charge in [-0.05, 0) is 62.6 Å². The number of piperidine rings is 1. The van der Waals surface area contributed by atoms with Crippen LogP contribution in [0.25, 0.3) is 0 Å². The number of ether oxygens (including phenoxy) is 1. The van der Waals surface area contributed by atoms with Gasteiger partial charge in [0.05, 0.1) is 22.4 Å². The molecular weight excluding hydrogens is 431 g/mol. The Morgan fingerprint density at radius 3 is 2.77 bits per heavy atom. The zero-order valence-corrected chi connectivity index (χ0v) is 18.4. The van der Waals surface area contributed by atoms with Crippen molar-refractivity contribution in [3.8, 4) is 5.75 Å². The number of nitrogens with one attached hydrogen (secondary N) is 1. The molecule has 1 atom stereocenters. The Kier molecular flexibility index (Phi) is 7.00. The minimum Gasteiger partial charge on any atom is -0.492 e.